The number of likely N-dealkylation sites (tertiary alicyclic amines) is 1. The van der Waals surface area contributed by atoms with Crippen LogP contribution in [0.15, 0.2) is 4.99 Å². The molecular formula is C10H16N4OS. The van der Waals surface area contributed by atoms with Gasteiger partial charge in [-0.05, 0) is 26.0 Å². The van der Waals surface area contributed by atoms with E-state index < -0.39 is 0 Å². The Labute approximate surface area is 99.7 Å². The maximum atomic E-state index is 11.2. The van der Waals surface area contributed by atoms with Crippen LogP contribution in [0.25, 0.3) is 0 Å². The van der Waals surface area contributed by atoms with Crippen molar-refractivity contribution in [1.82, 2.24) is 4.90 Å². The average molecular weight is 240 g/mol. The highest BCUT2D eigenvalue weighted by atomic mass is 32.2. The van der Waals surface area contributed by atoms with Crippen LogP contribution >= 0.6 is 11.8 Å². The molecule has 0 bridgehead atoms. The SMILES string of the molecule is CSC(=NC#N)N1CC(C(N)=O)CCC1C. The first-order valence-electron chi connectivity index (χ1n) is 5.16. The lowest BCUT2D eigenvalue weighted by molar-refractivity contribution is -0.123. The normalized spacial score (nSPS) is 26.3. The minimum Gasteiger partial charge on any atom is -0.369 e. The molecule has 0 aromatic heterocycles. The monoisotopic (exact) mass is 240 g/mol. The Kier molecular flexibility index (Phi) is 4.62. The van der Waals surface area contributed by atoms with E-state index in [1.54, 1.807) is 6.19 Å². The van der Waals surface area contributed by atoms with Crippen LogP contribution in [0.4, 0.5) is 0 Å². The van der Waals surface area contributed by atoms with Crippen LogP contribution < -0.4 is 5.73 Å². The maximum absolute atomic E-state index is 11.2. The predicted molar refractivity (Wildman–Crippen MR) is 64.6 cm³/mol. The average Bonchev–Trinajstić information content (AvgIpc) is 2.26. The fourth-order valence-electron chi connectivity index (χ4n) is 1.88. The number of rotatable bonds is 1. The lowest BCUT2D eigenvalue weighted by atomic mass is 9.93. The largest absolute Gasteiger partial charge is 0.369 e. The third kappa shape index (κ3) is 2.89. The van der Waals surface area contributed by atoms with Crippen molar-refractivity contribution in [2.75, 3.05) is 12.8 Å². The van der Waals surface area contributed by atoms with Crippen LogP contribution in [-0.2, 0) is 4.79 Å². The highest BCUT2D eigenvalue weighted by Crippen LogP contribution is 2.24. The third-order valence-electron chi connectivity index (χ3n) is 2.86. The standard InChI is InChI=1S/C10H16N4OS/c1-7-3-4-8(9(12)15)5-14(7)10(16-2)13-6-11/h7-8H,3-5H2,1-2H3,(H2,12,15). The summed E-state index contributed by atoms with van der Waals surface area (Å²) in [6, 6.07) is 0.301. The maximum Gasteiger partial charge on any atom is 0.222 e. The number of nitrogens with zero attached hydrogens (tertiary/aromatic N) is 3. The zero-order valence-corrected chi connectivity index (χ0v) is 10.3. The van der Waals surface area contributed by atoms with E-state index in [9.17, 15) is 4.79 Å². The Morgan fingerprint density at radius 1 is 1.62 bits per heavy atom. The van der Waals surface area contributed by atoms with Gasteiger partial charge in [0.05, 0.1) is 5.92 Å². The van der Waals surface area contributed by atoms with Crippen molar-refractivity contribution in [2.24, 2.45) is 16.6 Å². The van der Waals surface area contributed by atoms with Gasteiger partial charge in [-0.15, -0.1) is 4.99 Å². The number of carbonyl (C=O) groups excluding carboxylic acids is 1. The highest BCUT2D eigenvalue weighted by molar-refractivity contribution is 8.13. The minimum absolute atomic E-state index is 0.132. The van der Waals surface area contributed by atoms with Gasteiger partial charge in [0.25, 0.3) is 0 Å². The van der Waals surface area contributed by atoms with Gasteiger partial charge in [0.2, 0.25) is 12.1 Å². The van der Waals surface area contributed by atoms with Crippen LogP contribution in [0.2, 0.25) is 0 Å². The number of carbonyl (C=O) groups is 1. The summed E-state index contributed by atoms with van der Waals surface area (Å²) in [6.45, 7) is 2.64. The molecule has 1 rings (SSSR count). The molecule has 0 aromatic carbocycles. The van der Waals surface area contributed by atoms with E-state index in [-0.39, 0.29) is 11.8 Å². The summed E-state index contributed by atoms with van der Waals surface area (Å²) in [7, 11) is 0. The molecule has 0 aromatic rings. The van der Waals surface area contributed by atoms with E-state index in [1.165, 1.54) is 11.8 Å². The van der Waals surface area contributed by atoms with Crippen molar-refractivity contribution in [3.63, 3.8) is 0 Å². The molecule has 1 heterocycles. The Bertz CT molecular complexity index is 336. The summed E-state index contributed by atoms with van der Waals surface area (Å²) in [5.41, 5.74) is 5.31. The predicted octanol–water partition coefficient (Wildman–Crippen LogP) is 0.772. The fraction of sp³-hybridized carbons (Fsp3) is 0.700. The number of primary amides is 1. The van der Waals surface area contributed by atoms with Crippen molar-refractivity contribution in [3.8, 4) is 6.19 Å². The number of piperidine rings is 1. The molecule has 2 unspecified atom stereocenters. The Hall–Kier alpha value is -1.22. The Morgan fingerprint density at radius 3 is 2.81 bits per heavy atom. The molecule has 1 fully saturated rings. The second-order valence-corrected chi connectivity index (χ2v) is 4.65. The van der Waals surface area contributed by atoms with E-state index in [2.05, 4.69) is 11.9 Å². The zero-order valence-electron chi connectivity index (χ0n) is 9.51. The summed E-state index contributed by atoms with van der Waals surface area (Å²) in [5.74, 6) is -0.401. The highest BCUT2D eigenvalue weighted by Gasteiger charge is 2.30. The molecule has 0 saturated carbocycles. The number of hydrogen-bond acceptors (Lipinski definition) is 4. The molecular weight excluding hydrogens is 224 g/mol. The molecule has 1 amide bonds. The number of aliphatic imine (C=N–C) groups is 1. The van der Waals surface area contributed by atoms with Gasteiger partial charge in [0.1, 0.15) is 0 Å². The summed E-state index contributed by atoms with van der Waals surface area (Å²) < 4.78 is 0. The van der Waals surface area contributed by atoms with Gasteiger partial charge >= 0.3 is 0 Å². The van der Waals surface area contributed by atoms with Gasteiger partial charge in [-0.25, -0.2) is 0 Å². The number of thioether (sulfide) groups is 1. The first kappa shape index (κ1) is 12.8. The Balaban J connectivity index is 2.80. The molecule has 2 N–H and O–H groups in total. The van der Waals surface area contributed by atoms with Gasteiger partial charge in [-0.1, -0.05) is 11.8 Å². The van der Waals surface area contributed by atoms with Crippen molar-refractivity contribution in [2.45, 2.75) is 25.8 Å². The lowest BCUT2D eigenvalue weighted by Crippen LogP contribution is -2.47. The number of nitrogens with two attached hydrogens (primary N) is 1. The van der Waals surface area contributed by atoms with E-state index in [0.717, 1.165) is 12.8 Å². The van der Waals surface area contributed by atoms with Gasteiger partial charge in [-0.2, -0.15) is 5.26 Å². The summed E-state index contributed by atoms with van der Waals surface area (Å²) in [4.78, 5) is 16.9. The smallest absolute Gasteiger partial charge is 0.222 e. The zero-order chi connectivity index (χ0) is 12.1. The third-order valence-corrected chi connectivity index (χ3v) is 3.55. The van der Waals surface area contributed by atoms with Gasteiger partial charge in [0, 0.05) is 12.6 Å². The molecule has 16 heavy (non-hydrogen) atoms. The summed E-state index contributed by atoms with van der Waals surface area (Å²) in [5, 5.41) is 9.26. The lowest BCUT2D eigenvalue weighted by Gasteiger charge is -2.37. The van der Waals surface area contributed by atoms with E-state index in [4.69, 9.17) is 11.0 Å². The van der Waals surface area contributed by atoms with E-state index in [0.29, 0.717) is 17.8 Å². The molecule has 0 spiro atoms. The second-order valence-electron chi connectivity index (χ2n) is 3.88. The quantitative estimate of drug-likeness (QED) is 0.417. The number of amides is 1. The van der Waals surface area contributed by atoms with Gasteiger partial charge in [0.15, 0.2) is 5.17 Å². The van der Waals surface area contributed by atoms with Crippen molar-refractivity contribution < 1.29 is 4.79 Å². The molecule has 0 radical (unpaired) electrons. The molecule has 2 atom stereocenters. The van der Waals surface area contributed by atoms with E-state index >= 15 is 0 Å². The number of amidine groups is 1. The fourth-order valence-corrected chi connectivity index (χ4v) is 2.50. The van der Waals surface area contributed by atoms with Crippen molar-refractivity contribution >= 4 is 22.8 Å². The number of hydrogen-bond donors (Lipinski definition) is 1. The summed E-state index contributed by atoms with van der Waals surface area (Å²) >= 11 is 1.42. The minimum atomic E-state index is -0.269. The first-order valence-corrected chi connectivity index (χ1v) is 6.39. The van der Waals surface area contributed by atoms with Crippen LogP contribution in [-0.4, -0.2) is 34.8 Å². The molecule has 1 saturated heterocycles. The summed E-state index contributed by atoms with van der Waals surface area (Å²) in [6.07, 6.45) is 5.38. The van der Waals surface area contributed by atoms with Crippen LogP contribution in [0.3, 0.4) is 0 Å². The molecule has 88 valence electrons. The van der Waals surface area contributed by atoms with E-state index in [1.807, 2.05) is 11.2 Å². The number of nitriles is 1. The molecule has 1 aliphatic heterocycles. The van der Waals surface area contributed by atoms with Crippen LogP contribution in [0, 0.1) is 17.4 Å². The molecule has 6 heteroatoms. The molecule has 0 aliphatic carbocycles. The Morgan fingerprint density at radius 2 is 2.31 bits per heavy atom. The molecule has 1 aliphatic rings. The first-order chi connectivity index (χ1) is 7.60. The second kappa shape index (κ2) is 5.75. The van der Waals surface area contributed by atoms with Crippen LogP contribution in [0.5, 0.6) is 0 Å². The molecule has 5 nitrogen and oxygen atoms in total. The van der Waals surface area contributed by atoms with Gasteiger partial charge < -0.3 is 10.6 Å². The van der Waals surface area contributed by atoms with Crippen molar-refractivity contribution in [1.29, 1.82) is 5.26 Å². The van der Waals surface area contributed by atoms with Gasteiger partial charge in [-0.3, -0.25) is 4.79 Å². The topological polar surface area (TPSA) is 82.5 Å². The van der Waals surface area contributed by atoms with Crippen LogP contribution in [0.1, 0.15) is 19.8 Å². The van der Waals surface area contributed by atoms with Crippen molar-refractivity contribution in [3.05, 3.63) is 0 Å².